The van der Waals surface area contributed by atoms with Crippen LogP contribution in [0.1, 0.15) is 30.0 Å². The van der Waals surface area contributed by atoms with Gasteiger partial charge in [-0.15, -0.1) is 0 Å². The van der Waals surface area contributed by atoms with Crippen molar-refractivity contribution in [2.24, 2.45) is 5.16 Å². The third-order valence-electron chi connectivity index (χ3n) is 5.59. The summed E-state index contributed by atoms with van der Waals surface area (Å²) in [7, 11) is 0. The minimum Gasteiger partial charge on any atom is -0.390 e. The Kier molecular flexibility index (Phi) is 7.15. The monoisotopic (exact) mass is 467 g/mol. The van der Waals surface area contributed by atoms with Crippen LogP contribution in [-0.2, 0) is 17.8 Å². The minimum absolute atomic E-state index is 0.0670. The maximum Gasteiger partial charge on any atom is 0.322 e. The standard InChI is InChI=1S/C26H24F3N3O2/c1-2-17-6-5-7-20(12-17)30-26(33)32(15-18-10-11-19(27)13-24(18)29)16-21-14-25(31-34-21)22-8-3-4-9-23(22)28/h3-13,21H,2,14-16H2,1H3,(H,30,33)/t21-/m0/s1. The van der Waals surface area contributed by atoms with E-state index in [4.69, 9.17) is 4.84 Å². The number of aryl methyl sites for hydroxylation is 1. The van der Waals surface area contributed by atoms with Gasteiger partial charge in [-0.25, -0.2) is 18.0 Å². The van der Waals surface area contributed by atoms with Gasteiger partial charge in [0, 0.05) is 29.3 Å². The molecule has 3 aromatic carbocycles. The highest BCUT2D eigenvalue weighted by Gasteiger charge is 2.28. The van der Waals surface area contributed by atoms with E-state index >= 15 is 0 Å². The zero-order valence-electron chi connectivity index (χ0n) is 18.6. The lowest BCUT2D eigenvalue weighted by atomic mass is 10.0. The molecular formula is C26H24F3N3O2. The number of carbonyl (C=O) groups is 1. The van der Waals surface area contributed by atoms with Crippen molar-refractivity contribution >= 4 is 17.4 Å². The van der Waals surface area contributed by atoms with Crippen LogP contribution in [0.15, 0.2) is 71.9 Å². The Bertz CT molecular complexity index is 1220. The fourth-order valence-corrected chi connectivity index (χ4v) is 3.77. The van der Waals surface area contributed by atoms with Crippen LogP contribution in [0.2, 0.25) is 0 Å². The molecule has 0 unspecified atom stereocenters. The molecule has 0 saturated carbocycles. The summed E-state index contributed by atoms with van der Waals surface area (Å²) < 4.78 is 41.9. The number of carbonyl (C=O) groups excluding carboxylic acids is 1. The molecule has 4 rings (SSSR count). The maximum absolute atomic E-state index is 14.3. The number of oxime groups is 1. The summed E-state index contributed by atoms with van der Waals surface area (Å²) in [6, 6.07) is 16.4. The van der Waals surface area contributed by atoms with Crippen molar-refractivity contribution in [1.82, 2.24) is 4.90 Å². The average Bonchev–Trinajstić information content (AvgIpc) is 3.29. The molecule has 1 atom stereocenters. The van der Waals surface area contributed by atoms with E-state index < -0.39 is 29.6 Å². The Morgan fingerprint density at radius 3 is 2.65 bits per heavy atom. The van der Waals surface area contributed by atoms with Gasteiger partial charge < -0.3 is 15.1 Å². The van der Waals surface area contributed by atoms with Crippen LogP contribution >= 0.6 is 0 Å². The smallest absolute Gasteiger partial charge is 0.322 e. The molecule has 0 aromatic heterocycles. The van der Waals surface area contributed by atoms with Crippen molar-refractivity contribution in [2.45, 2.75) is 32.4 Å². The molecule has 34 heavy (non-hydrogen) atoms. The van der Waals surface area contributed by atoms with Crippen molar-refractivity contribution in [1.29, 1.82) is 0 Å². The van der Waals surface area contributed by atoms with E-state index in [1.807, 2.05) is 25.1 Å². The molecule has 5 nitrogen and oxygen atoms in total. The van der Waals surface area contributed by atoms with Gasteiger partial charge in [0.1, 0.15) is 17.5 Å². The minimum atomic E-state index is -0.749. The van der Waals surface area contributed by atoms with Gasteiger partial charge in [-0.3, -0.25) is 0 Å². The number of rotatable bonds is 7. The third-order valence-corrected chi connectivity index (χ3v) is 5.59. The van der Waals surface area contributed by atoms with E-state index in [0.717, 1.165) is 24.1 Å². The van der Waals surface area contributed by atoms with E-state index in [-0.39, 0.29) is 25.1 Å². The molecule has 1 aliphatic rings. The molecule has 8 heteroatoms. The van der Waals surface area contributed by atoms with Gasteiger partial charge in [-0.05, 0) is 36.2 Å². The number of urea groups is 1. The van der Waals surface area contributed by atoms with E-state index in [0.29, 0.717) is 17.0 Å². The molecule has 0 fully saturated rings. The van der Waals surface area contributed by atoms with E-state index in [2.05, 4.69) is 10.5 Å². The summed E-state index contributed by atoms with van der Waals surface area (Å²) in [6.45, 7) is 1.97. The Labute approximate surface area is 195 Å². The number of nitrogens with one attached hydrogen (secondary N) is 1. The van der Waals surface area contributed by atoms with Gasteiger partial charge in [0.2, 0.25) is 0 Å². The Morgan fingerprint density at radius 2 is 1.88 bits per heavy atom. The van der Waals surface area contributed by atoms with Crippen LogP contribution in [0.3, 0.4) is 0 Å². The number of hydrogen-bond acceptors (Lipinski definition) is 3. The van der Waals surface area contributed by atoms with Crippen molar-refractivity contribution < 1.29 is 22.8 Å². The highest BCUT2D eigenvalue weighted by molar-refractivity contribution is 6.01. The van der Waals surface area contributed by atoms with E-state index in [9.17, 15) is 18.0 Å². The summed E-state index contributed by atoms with van der Waals surface area (Å²) in [5.74, 6) is -1.86. The summed E-state index contributed by atoms with van der Waals surface area (Å²) in [5.41, 5.74) is 2.58. The molecule has 0 bridgehead atoms. The molecule has 1 heterocycles. The lowest BCUT2D eigenvalue weighted by Crippen LogP contribution is -2.40. The predicted octanol–water partition coefficient (Wildman–Crippen LogP) is 5.89. The zero-order chi connectivity index (χ0) is 24.1. The van der Waals surface area contributed by atoms with Gasteiger partial charge in [0.25, 0.3) is 0 Å². The normalized spacial score (nSPS) is 14.9. The molecule has 3 aromatic rings. The van der Waals surface area contributed by atoms with Gasteiger partial charge in [0.15, 0.2) is 6.10 Å². The summed E-state index contributed by atoms with van der Waals surface area (Å²) in [5, 5.41) is 6.83. The number of halogens is 3. The average molecular weight is 467 g/mol. The van der Waals surface area contributed by atoms with Crippen LogP contribution in [-0.4, -0.2) is 29.3 Å². The predicted molar refractivity (Wildman–Crippen MR) is 124 cm³/mol. The molecule has 2 amide bonds. The van der Waals surface area contributed by atoms with Gasteiger partial charge >= 0.3 is 6.03 Å². The number of hydrogen-bond donors (Lipinski definition) is 1. The summed E-state index contributed by atoms with van der Waals surface area (Å²) in [6.07, 6.45) is 0.535. The van der Waals surface area contributed by atoms with Crippen molar-refractivity contribution in [2.75, 3.05) is 11.9 Å². The Hall–Kier alpha value is -3.81. The second-order valence-corrected chi connectivity index (χ2v) is 8.05. The Balaban J connectivity index is 1.51. The summed E-state index contributed by atoms with van der Waals surface area (Å²) >= 11 is 0. The first-order valence-corrected chi connectivity index (χ1v) is 11.0. The van der Waals surface area contributed by atoms with Crippen LogP contribution in [0, 0.1) is 17.5 Å². The fraction of sp³-hybridized carbons (Fsp3) is 0.231. The second kappa shape index (κ2) is 10.4. The van der Waals surface area contributed by atoms with Crippen LogP contribution in [0.25, 0.3) is 0 Å². The maximum atomic E-state index is 14.3. The van der Waals surface area contributed by atoms with Crippen LogP contribution in [0.4, 0.5) is 23.7 Å². The molecular weight excluding hydrogens is 443 g/mol. The lowest BCUT2D eigenvalue weighted by molar-refractivity contribution is 0.0606. The van der Waals surface area contributed by atoms with E-state index in [1.54, 1.807) is 24.3 Å². The first-order valence-electron chi connectivity index (χ1n) is 11.0. The lowest BCUT2D eigenvalue weighted by Gasteiger charge is -2.25. The van der Waals surface area contributed by atoms with Gasteiger partial charge in [-0.2, -0.15) is 0 Å². The second-order valence-electron chi connectivity index (χ2n) is 8.05. The number of benzene rings is 3. The van der Waals surface area contributed by atoms with Crippen molar-refractivity contribution in [3.63, 3.8) is 0 Å². The molecule has 0 saturated heterocycles. The van der Waals surface area contributed by atoms with Crippen molar-refractivity contribution in [3.05, 3.63) is 101 Å². The third kappa shape index (κ3) is 5.57. The van der Waals surface area contributed by atoms with E-state index in [1.165, 1.54) is 17.0 Å². The first-order chi connectivity index (χ1) is 16.4. The molecule has 1 aliphatic heterocycles. The fourth-order valence-electron chi connectivity index (χ4n) is 3.77. The number of anilines is 1. The molecule has 176 valence electrons. The quantitative estimate of drug-likeness (QED) is 0.471. The zero-order valence-corrected chi connectivity index (χ0v) is 18.6. The van der Waals surface area contributed by atoms with Gasteiger partial charge in [-0.1, -0.05) is 48.5 Å². The van der Waals surface area contributed by atoms with Gasteiger partial charge in [0.05, 0.1) is 18.8 Å². The molecule has 0 aliphatic carbocycles. The number of nitrogens with zero attached hydrogens (tertiary/aromatic N) is 2. The first kappa shape index (κ1) is 23.4. The Morgan fingerprint density at radius 1 is 1.06 bits per heavy atom. The SMILES string of the molecule is CCc1cccc(NC(=O)N(Cc2ccc(F)cc2F)C[C@@H]2CC(c3ccccc3F)=NO2)c1. The highest BCUT2D eigenvalue weighted by Crippen LogP contribution is 2.22. The summed E-state index contributed by atoms with van der Waals surface area (Å²) in [4.78, 5) is 20.0. The largest absolute Gasteiger partial charge is 0.390 e. The van der Waals surface area contributed by atoms with Crippen LogP contribution in [0.5, 0.6) is 0 Å². The molecule has 0 radical (unpaired) electrons. The molecule has 1 N–H and O–H groups in total. The van der Waals surface area contributed by atoms with Crippen molar-refractivity contribution in [3.8, 4) is 0 Å². The van der Waals surface area contributed by atoms with Crippen LogP contribution < -0.4 is 5.32 Å². The highest BCUT2D eigenvalue weighted by atomic mass is 19.1. The number of amides is 2. The molecule has 0 spiro atoms. The topological polar surface area (TPSA) is 53.9 Å².